The molecule has 4 nitrogen and oxygen atoms in total. The van der Waals surface area contributed by atoms with Gasteiger partial charge in [-0.25, -0.2) is 3.21 Å². The van der Waals surface area contributed by atoms with Crippen LogP contribution in [0.15, 0.2) is 12.5 Å². The molecule has 0 aromatic carbocycles. The molecule has 2 rings (SSSR count). The number of nitrogens with zero attached hydrogens (tertiary/aromatic N) is 4. The van der Waals surface area contributed by atoms with Crippen LogP contribution in [-0.4, -0.2) is 15.5 Å². The molecule has 0 N–H and O–H groups in total. The number of rotatable bonds is 2. The lowest BCUT2D eigenvalue weighted by molar-refractivity contribution is 0.534. The van der Waals surface area contributed by atoms with E-state index in [1.165, 1.54) is 5.71 Å². The fraction of sp³-hybridized carbons (Fsp3) is 0.556. The van der Waals surface area contributed by atoms with Crippen LogP contribution >= 0.6 is 21.3 Å². The van der Waals surface area contributed by atoms with Crippen molar-refractivity contribution in [2.45, 2.75) is 33.2 Å². The molecule has 2 heterocycles. The summed E-state index contributed by atoms with van der Waals surface area (Å²) in [4.78, 5) is 0. The van der Waals surface area contributed by atoms with E-state index in [0.717, 1.165) is 17.8 Å². The van der Waals surface area contributed by atoms with Gasteiger partial charge in [0.1, 0.15) is 21.3 Å². The summed E-state index contributed by atoms with van der Waals surface area (Å²) in [6.07, 6.45) is 3.04. The van der Waals surface area contributed by atoms with Crippen LogP contribution in [0, 0.1) is 0 Å². The molecular formula is C9H13IN4. The Morgan fingerprint density at radius 2 is 2.29 bits per heavy atom. The summed E-state index contributed by atoms with van der Waals surface area (Å²) in [7, 11) is 0. The van der Waals surface area contributed by atoms with E-state index in [1.54, 1.807) is 0 Å². The third kappa shape index (κ3) is 1.65. The van der Waals surface area contributed by atoms with Gasteiger partial charge in [-0.2, -0.15) is 8.24 Å². The summed E-state index contributed by atoms with van der Waals surface area (Å²) in [5.74, 6) is 0.901. The summed E-state index contributed by atoms with van der Waals surface area (Å²) in [6.45, 7) is 6.37. The van der Waals surface area contributed by atoms with Gasteiger partial charge in [0.15, 0.2) is 5.82 Å². The van der Waals surface area contributed by atoms with Crippen molar-refractivity contribution in [3.63, 3.8) is 0 Å². The van der Waals surface area contributed by atoms with E-state index in [2.05, 4.69) is 38.4 Å². The standard InChI is InChI=1S/C9H13IN4/c1-4-8-7-5-14(6(2)3)13-9(7)12-10-11-8/h5-6H,4H2,1-3H3. The first-order chi connectivity index (χ1) is 6.72. The molecule has 1 aromatic heterocycles. The second-order valence-electron chi connectivity index (χ2n) is 3.49. The summed E-state index contributed by atoms with van der Waals surface area (Å²) in [6, 6.07) is 0.395. The summed E-state index contributed by atoms with van der Waals surface area (Å²) < 4.78 is 10.8. The highest BCUT2D eigenvalue weighted by molar-refractivity contribution is 14.1. The van der Waals surface area contributed by atoms with Crippen LogP contribution in [0.5, 0.6) is 0 Å². The highest BCUT2D eigenvalue weighted by Gasteiger charge is 2.16. The molecule has 0 spiro atoms. The highest BCUT2D eigenvalue weighted by atomic mass is 127. The van der Waals surface area contributed by atoms with Gasteiger partial charge in [0.25, 0.3) is 0 Å². The van der Waals surface area contributed by atoms with Crippen molar-refractivity contribution in [2.75, 3.05) is 0 Å². The molecule has 1 aliphatic heterocycles. The fourth-order valence-corrected chi connectivity index (χ4v) is 2.84. The number of halogens is 1. The van der Waals surface area contributed by atoms with Gasteiger partial charge in [0.05, 0.1) is 11.3 Å². The first kappa shape index (κ1) is 9.95. The molecule has 76 valence electrons. The van der Waals surface area contributed by atoms with Crippen molar-refractivity contribution in [1.82, 2.24) is 9.78 Å². The van der Waals surface area contributed by atoms with Gasteiger partial charge < -0.3 is 0 Å². The second kappa shape index (κ2) is 3.88. The first-order valence-electron chi connectivity index (χ1n) is 4.73. The van der Waals surface area contributed by atoms with Crippen LogP contribution in [0.2, 0.25) is 0 Å². The van der Waals surface area contributed by atoms with Gasteiger partial charge in [0.2, 0.25) is 0 Å². The third-order valence-corrected chi connectivity index (χ3v) is 3.62. The molecule has 0 saturated carbocycles. The minimum atomic E-state index is -0.390. The van der Waals surface area contributed by atoms with Crippen LogP contribution < -0.4 is 0 Å². The third-order valence-electron chi connectivity index (χ3n) is 2.15. The zero-order chi connectivity index (χ0) is 10.1. The van der Waals surface area contributed by atoms with Gasteiger partial charge in [-0.3, -0.25) is 4.68 Å². The molecule has 1 aliphatic rings. The maximum atomic E-state index is 4.47. The molecule has 14 heavy (non-hydrogen) atoms. The molecule has 0 bridgehead atoms. The average Bonchev–Trinajstić information content (AvgIpc) is 2.60. The largest absolute Gasteiger partial charge is 0.267 e. The van der Waals surface area contributed by atoms with E-state index in [4.69, 9.17) is 0 Å². The van der Waals surface area contributed by atoms with Crippen molar-refractivity contribution in [2.24, 2.45) is 6.35 Å². The highest BCUT2D eigenvalue weighted by Crippen LogP contribution is 2.30. The topological polar surface area (TPSA) is 42.5 Å². The molecule has 0 radical (unpaired) electrons. The Hall–Kier alpha value is -0.590. The van der Waals surface area contributed by atoms with Crippen molar-refractivity contribution < 1.29 is 0 Å². The summed E-state index contributed by atoms with van der Waals surface area (Å²) in [5.41, 5.74) is 2.31. The molecule has 0 amide bonds. The van der Waals surface area contributed by atoms with Crippen LogP contribution in [0.1, 0.15) is 38.8 Å². The Morgan fingerprint density at radius 3 is 2.93 bits per heavy atom. The van der Waals surface area contributed by atoms with E-state index in [-0.39, 0.29) is 0 Å². The lowest BCUT2D eigenvalue weighted by Gasteiger charge is -2.02. The lowest BCUT2D eigenvalue weighted by atomic mass is 10.1. The van der Waals surface area contributed by atoms with Crippen LogP contribution in [0.25, 0.3) is 0 Å². The predicted octanol–water partition coefficient (Wildman–Crippen LogP) is 3.38. The fourth-order valence-electron chi connectivity index (χ4n) is 1.31. The van der Waals surface area contributed by atoms with Gasteiger partial charge >= 0.3 is 0 Å². The zero-order valence-corrected chi connectivity index (χ0v) is 10.7. The first-order valence-corrected chi connectivity index (χ1v) is 6.66. The molecular weight excluding hydrogens is 291 g/mol. The smallest absolute Gasteiger partial charge is 0.189 e. The van der Waals surface area contributed by atoms with E-state index < -0.39 is 21.3 Å². The monoisotopic (exact) mass is 304 g/mol. The molecule has 0 saturated heterocycles. The lowest BCUT2D eigenvalue weighted by Crippen LogP contribution is -2.01. The quantitative estimate of drug-likeness (QED) is 0.772. The Labute approximate surface area is 93.9 Å². The minimum Gasteiger partial charge on any atom is -0.267 e. The minimum absolute atomic E-state index is 0.390. The van der Waals surface area contributed by atoms with E-state index in [1.807, 2.05) is 4.68 Å². The van der Waals surface area contributed by atoms with Crippen molar-refractivity contribution in [1.29, 1.82) is 0 Å². The number of hydrogen-bond acceptors (Lipinski definition) is 3. The maximum Gasteiger partial charge on any atom is 0.189 e. The normalized spacial score (nSPS) is 15.0. The Balaban J connectivity index is 2.47. The SMILES string of the molecule is CCC1=NI=Nc2nn(C(C)C)cc21. The van der Waals surface area contributed by atoms with Crippen LogP contribution in [-0.2, 0) is 0 Å². The second-order valence-corrected chi connectivity index (χ2v) is 4.88. The Morgan fingerprint density at radius 1 is 1.50 bits per heavy atom. The number of aromatic nitrogens is 2. The molecule has 0 fully saturated rings. The molecule has 0 unspecified atom stereocenters. The summed E-state index contributed by atoms with van der Waals surface area (Å²) in [5, 5.41) is 4.45. The van der Waals surface area contributed by atoms with Gasteiger partial charge in [0, 0.05) is 12.2 Å². The van der Waals surface area contributed by atoms with Crippen molar-refractivity contribution in [3.8, 4) is 0 Å². The number of fused-ring (bicyclic) bond motifs is 1. The molecule has 0 atom stereocenters. The predicted molar refractivity (Wildman–Crippen MR) is 65.5 cm³/mol. The Kier molecular flexibility index (Phi) is 2.76. The molecule has 5 heteroatoms. The van der Waals surface area contributed by atoms with E-state index in [0.29, 0.717) is 6.04 Å². The molecule has 0 aliphatic carbocycles. The van der Waals surface area contributed by atoms with E-state index >= 15 is 0 Å². The van der Waals surface area contributed by atoms with Gasteiger partial charge in [-0.05, 0) is 20.3 Å². The zero-order valence-electron chi connectivity index (χ0n) is 8.53. The maximum absolute atomic E-state index is 4.47. The molecule has 1 aromatic rings. The van der Waals surface area contributed by atoms with Gasteiger partial charge in [-0.15, -0.1) is 0 Å². The van der Waals surface area contributed by atoms with Gasteiger partial charge in [-0.1, -0.05) is 6.92 Å². The van der Waals surface area contributed by atoms with Crippen LogP contribution in [0.4, 0.5) is 5.82 Å². The number of hydrogen-bond donors (Lipinski definition) is 0. The summed E-state index contributed by atoms with van der Waals surface area (Å²) >= 11 is -0.390. The average molecular weight is 304 g/mol. The van der Waals surface area contributed by atoms with Crippen LogP contribution in [0.3, 0.4) is 0 Å². The van der Waals surface area contributed by atoms with E-state index in [9.17, 15) is 0 Å². The Bertz CT molecular complexity index is 403. The van der Waals surface area contributed by atoms with Crippen molar-refractivity contribution >= 4 is 32.8 Å². The van der Waals surface area contributed by atoms with Crippen molar-refractivity contribution in [3.05, 3.63) is 11.8 Å².